The van der Waals surface area contributed by atoms with Crippen LogP contribution in [0, 0.1) is 5.92 Å². The molecule has 0 radical (unpaired) electrons. The minimum Gasteiger partial charge on any atom is -0.357 e. The first-order valence-corrected chi connectivity index (χ1v) is 7.50. The predicted molar refractivity (Wildman–Crippen MR) is 94.5 cm³/mol. The molecule has 1 aliphatic rings. The van der Waals surface area contributed by atoms with Gasteiger partial charge in [-0.05, 0) is 58.7 Å². The largest absolute Gasteiger partial charge is 0.357 e. The van der Waals surface area contributed by atoms with Gasteiger partial charge in [0, 0.05) is 19.6 Å². The van der Waals surface area contributed by atoms with Crippen LogP contribution in [0.3, 0.4) is 0 Å². The standard InChI is InChI=1S/C14H30N4.HI/c1-4-15-14(16-5-2)17-9-6-10-18-11-7-13(3)8-12-18;/h13H,4-12H2,1-3H3,(H2,15,16,17);1H. The molecule has 2 N–H and O–H groups in total. The SMILES string of the molecule is CCNC(=NCCCN1CCC(C)CC1)NCC.I. The number of rotatable bonds is 6. The smallest absolute Gasteiger partial charge is 0.191 e. The Morgan fingerprint density at radius 1 is 1.16 bits per heavy atom. The zero-order chi connectivity index (χ0) is 13.2. The van der Waals surface area contributed by atoms with E-state index in [1.54, 1.807) is 0 Å². The minimum absolute atomic E-state index is 0. The summed E-state index contributed by atoms with van der Waals surface area (Å²) in [5.41, 5.74) is 0. The maximum absolute atomic E-state index is 4.57. The van der Waals surface area contributed by atoms with Crippen LogP contribution in [0.5, 0.6) is 0 Å². The van der Waals surface area contributed by atoms with Crippen molar-refractivity contribution < 1.29 is 0 Å². The van der Waals surface area contributed by atoms with Crippen LogP contribution < -0.4 is 10.6 Å². The molecular weight excluding hydrogens is 351 g/mol. The Morgan fingerprint density at radius 3 is 2.26 bits per heavy atom. The summed E-state index contributed by atoms with van der Waals surface area (Å²) in [4.78, 5) is 7.15. The van der Waals surface area contributed by atoms with Gasteiger partial charge in [0.2, 0.25) is 0 Å². The van der Waals surface area contributed by atoms with Gasteiger partial charge < -0.3 is 15.5 Å². The molecule has 0 atom stereocenters. The number of guanidine groups is 1. The van der Waals surface area contributed by atoms with E-state index in [0.717, 1.165) is 37.9 Å². The lowest BCUT2D eigenvalue weighted by Gasteiger charge is -2.29. The average Bonchev–Trinajstić information content (AvgIpc) is 2.37. The quantitative estimate of drug-likeness (QED) is 0.321. The molecule has 1 rings (SSSR count). The van der Waals surface area contributed by atoms with Crippen molar-refractivity contribution in [1.29, 1.82) is 0 Å². The highest BCUT2D eigenvalue weighted by Crippen LogP contribution is 2.15. The van der Waals surface area contributed by atoms with Crippen molar-refractivity contribution in [2.24, 2.45) is 10.9 Å². The van der Waals surface area contributed by atoms with E-state index in [9.17, 15) is 0 Å². The summed E-state index contributed by atoms with van der Waals surface area (Å²) in [6, 6.07) is 0. The lowest BCUT2D eigenvalue weighted by atomic mass is 9.99. The fourth-order valence-corrected chi connectivity index (χ4v) is 2.28. The molecule has 0 aromatic heterocycles. The van der Waals surface area contributed by atoms with Gasteiger partial charge in [-0.25, -0.2) is 0 Å². The second-order valence-corrected chi connectivity index (χ2v) is 5.17. The summed E-state index contributed by atoms with van der Waals surface area (Å²) in [6.45, 7) is 13.1. The molecular formula is C14H31IN4. The Labute approximate surface area is 135 Å². The van der Waals surface area contributed by atoms with E-state index in [4.69, 9.17) is 0 Å². The number of aliphatic imine (C=N–C) groups is 1. The highest BCUT2D eigenvalue weighted by Gasteiger charge is 2.14. The molecule has 0 unspecified atom stereocenters. The van der Waals surface area contributed by atoms with Crippen LogP contribution >= 0.6 is 24.0 Å². The molecule has 0 amide bonds. The summed E-state index contributed by atoms with van der Waals surface area (Å²) in [7, 11) is 0. The lowest BCUT2D eigenvalue weighted by Crippen LogP contribution is -2.37. The van der Waals surface area contributed by atoms with Crippen molar-refractivity contribution in [2.75, 3.05) is 39.3 Å². The van der Waals surface area contributed by atoms with E-state index in [1.165, 1.54) is 32.5 Å². The number of hydrogen-bond donors (Lipinski definition) is 2. The number of hydrogen-bond acceptors (Lipinski definition) is 2. The molecule has 1 fully saturated rings. The van der Waals surface area contributed by atoms with Gasteiger partial charge in [0.1, 0.15) is 0 Å². The van der Waals surface area contributed by atoms with Crippen molar-refractivity contribution in [3.05, 3.63) is 0 Å². The van der Waals surface area contributed by atoms with E-state index in [0.29, 0.717) is 0 Å². The normalized spacial score (nSPS) is 16.6. The molecule has 0 aromatic rings. The van der Waals surface area contributed by atoms with Crippen molar-refractivity contribution in [1.82, 2.24) is 15.5 Å². The van der Waals surface area contributed by atoms with Crippen LogP contribution in [0.4, 0.5) is 0 Å². The summed E-state index contributed by atoms with van der Waals surface area (Å²) in [5, 5.41) is 6.51. The van der Waals surface area contributed by atoms with E-state index in [-0.39, 0.29) is 24.0 Å². The van der Waals surface area contributed by atoms with Crippen LogP contribution in [0.25, 0.3) is 0 Å². The topological polar surface area (TPSA) is 39.7 Å². The molecule has 0 bridgehead atoms. The minimum atomic E-state index is 0. The van der Waals surface area contributed by atoms with Crippen LogP contribution in [0.15, 0.2) is 4.99 Å². The zero-order valence-corrected chi connectivity index (χ0v) is 15.1. The number of halogens is 1. The Kier molecular flexibility index (Phi) is 11.7. The van der Waals surface area contributed by atoms with E-state index in [1.807, 2.05) is 0 Å². The van der Waals surface area contributed by atoms with E-state index in [2.05, 4.69) is 41.3 Å². The lowest BCUT2D eigenvalue weighted by molar-refractivity contribution is 0.192. The molecule has 5 heteroatoms. The Bertz CT molecular complexity index is 230. The molecule has 1 heterocycles. The van der Waals surface area contributed by atoms with E-state index >= 15 is 0 Å². The van der Waals surface area contributed by atoms with Gasteiger partial charge in [-0.1, -0.05) is 6.92 Å². The second kappa shape index (κ2) is 11.8. The van der Waals surface area contributed by atoms with Gasteiger partial charge in [0.25, 0.3) is 0 Å². The first-order valence-electron chi connectivity index (χ1n) is 7.50. The van der Waals surface area contributed by atoms with Crippen molar-refractivity contribution >= 4 is 29.9 Å². The highest BCUT2D eigenvalue weighted by molar-refractivity contribution is 14.0. The molecule has 4 nitrogen and oxygen atoms in total. The van der Waals surface area contributed by atoms with Gasteiger partial charge in [-0.2, -0.15) is 0 Å². The third-order valence-electron chi connectivity index (χ3n) is 3.47. The van der Waals surface area contributed by atoms with Crippen molar-refractivity contribution in [3.63, 3.8) is 0 Å². The van der Waals surface area contributed by atoms with Crippen LogP contribution in [0.2, 0.25) is 0 Å². The van der Waals surface area contributed by atoms with Crippen LogP contribution in [-0.4, -0.2) is 50.1 Å². The fraction of sp³-hybridized carbons (Fsp3) is 0.929. The Balaban J connectivity index is 0.00000324. The van der Waals surface area contributed by atoms with Gasteiger partial charge in [0.15, 0.2) is 5.96 Å². The van der Waals surface area contributed by atoms with Gasteiger partial charge >= 0.3 is 0 Å². The second-order valence-electron chi connectivity index (χ2n) is 5.17. The molecule has 0 aliphatic carbocycles. The number of likely N-dealkylation sites (tertiary alicyclic amines) is 1. The molecule has 1 aliphatic heterocycles. The predicted octanol–water partition coefficient (Wildman–Crippen LogP) is 2.30. The summed E-state index contributed by atoms with van der Waals surface area (Å²) < 4.78 is 0. The fourth-order valence-electron chi connectivity index (χ4n) is 2.28. The van der Waals surface area contributed by atoms with Crippen LogP contribution in [0.1, 0.15) is 40.0 Å². The van der Waals surface area contributed by atoms with Gasteiger partial charge in [0.05, 0.1) is 0 Å². The summed E-state index contributed by atoms with van der Waals surface area (Å²) in [5.74, 6) is 1.88. The number of nitrogens with one attached hydrogen (secondary N) is 2. The third-order valence-corrected chi connectivity index (χ3v) is 3.47. The number of piperidine rings is 1. The van der Waals surface area contributed by atoms with E-state index < -0.39 is 0 Å². The first-order chi connectivity index (χ1) is 8.76. The summed E-state index contributed by atoms with van der Waals surface area (Å²) in [6.07, 6.45) is 3.89. The number of nitrogens with zero attached hydrogens (tertiary/aromatic N) is 2. The zero-order valence-electron chi connectivity index (χ0n) is 12.7. The molecule has 0 aromatic carbocycles. The Morgan fingerprint density at radius 2 is 1.74 bits per heavy atom. The van der Waals surface area contributed by atoms with Crippen LogP contribution in [-0.2, 0) is 0 Å². The Hall–Kier alpha value is -0.0400. The molecule has 0 spiro atoms. The highest BCUT2D eigenvalue weighted by atomic mass is 127. The van der Waals surface area contributed by atoms with Gasteiger partial charge in [-0.15, -0.1) is 24.0 Å². The molecule has 19 heavy (non-hydrogen) atoms. The molecule has 1 saturated heterocycles. The summed E-state index contributed by atoms with van der Waals surface area (Å²) >= 11 is 0. The maximum Gasteiger partial charge on any atom is 0.191 e. The first kappa shape index (κ1) is 19.0. The third kappa shape index (κ3) is 8.68. The molecule has 0 saturated carbocycles. The maximum atomic E-state index is 4.57. The molecule has 114 valence electrons. The van der Waals surface area contributed by atoms with Crippen molar-refractivity contribution in [2.45, 2.75) is 40.0 Å². The monoisotopic (exact) mass is 382 g/mol. The van der Waals surface area contributed by atoms with Crippen molar-refractivity contribution in [3.8, 4) is 0 Å². The average molecular weight is 382 g/mol. The van der Waals surface area contributed by atoms with Gasteiger partial charge in [-0.3, -0.25) is 4.99 Å².